The number of aliphatic hydroxyl groups excluding tert-OH is 1. The lowest BCUT2D eigenvalue weighted by atomic mass is 10.0. The Morgan fingerprint density at radius 1 is 0.308 bits per heavy atom. The zero-order valence-electron chi connectivity index (χ0n) is 51.9. The van der Waals surface area contributed by atoms with E-state index in [1.54, 1.807) is 0 Å². The molecule has 0 fully saturated rings. The van der Waals surface area contributed by atoms with Gasteiger partial charge in [-0.1, -0.05) is 349 Å². The highest BCUT2D eigenvalue weighted by Crippen LogP contribution is 2.18. The molecule has 0 aromatic rings. The molecule has 0 amide bonds. The van der Waals surface area contributed by atoms with Crippen LogP contribution in [0.2, 0.25) is 0 Å². The molecule has 0 heterocycles. The quantitative estimate of drug-likeness (QED) is 0.0373. The predicted molar refractivity (Wildman–Crippen MR) is 343 cm³/mol. The summed E-state index contributed by atoms with van der Waals surface area (Å²) in [6.45, 7) is 4.07. The summed E-state index contributed by atoms with van der Waals surface area (Å²) in [4.78, 5) is 24.6. The van der Waals surface area contributed by atoms with Crippen LogP contribution in [0.3, 0.4) is 0 Å². The first-order chi connectivity index (χ1) is 38.6. The minimum atomic E-state index is -0.774. The van der Waals surface area contributed by atoms with Crippen molar-refractivity contribution in [3.8, 4) is 0 Å². The van der Waals surface area contributed by atoms with Gasteiger partial charge in [0.25, 0.3) is 0 Å². The highest BCUT2D eigenvalue weighted by atomic mass is 16.6. The SMILES string of the molecule is CC/C=C\C/C=C\C/C=C\C/C=C\C/C=C\C/C=C\C/C=C\CCCCCCCCCCCCCCCCCC(=O)OC(CO)COC(=O)CCCCCCCCCCCCCCCCCCCCCCCCCCCCC. The van der Waals surface area contributed by atoms with Crippen LogP contribution in [0.25, 0.3) is 0 Å². The maximum atomic E-state index is 12.4. The lowest BCUT2D eigenvalue weighted by Gasteiger charge is -2.15. The highest BCUT2D eigenvalue weighted by molar-refractivity contribution is 5.70. The molecule has 0 aliphatic rings. The van der Waals surface area contributed by atoms with Gasteiger partial charge in [0, 0.05) is 12.8 Å². The molecule has 452 valence electrons. The molecule has 1 unspecified atom stereocenters. The van der Waals surface area contributed by atoms with Crippen molar-refractivity contribution in [2.24, 2.45) is 0 Å². The Hall–Kier alpha value is -2.92. The second kappa shape index (κ2) is 68.4. The summed E-state index contributed by atoms with van der Waals surface area (Å²) in [7, 11) is 0. The third kappa shape index (κ3) is 65.6. The van der Waals surface area contributed by atoms with Crippen molar-refractivity contribution in [2.75, 3.05) is 13.2 Å². The third-order valence-corrected chi connectivity index (χ3v) is 15.2. The Morgan fingerprint density at radius 3 is 0.833 bits per heavy atom. The molecule has 0 aliphatic carbocycles. The Bertz CT molecular complexity index is 1420. The molecule has 78 heavy (non-hydrogen) atoms. The zero-order chi connectivity index (χ0) is 56.2. The first-order valence-electron chi connectivity index (χ1n) is 34.1. The van der Waals surface area contributed by atoms with Crippen molar-refractivity contribution < 1.29 is 24.2 Å². The number of ether oxygens (including phenoxy) is 2. The molecule has 5 nitrogen and oxygen atoms in total. The second-order valence-corrected chi connectivity index (χ2v) is 22.9. The average molecular weight is 1090 g/mol. The molecule has 0 spiro atoms. The number of hydrogen-bond acceptors (Lipinski definition) is 5. The minimum Gasteiger partial charge on any atom is -0.462 e. The molecule has 0 rings (SSSR count). The molecular formula is C73H130O5. The number of carbonyl (C=O) groups is 2. The van der Waals surface area contributed by atoms with Crippen LogP contribution in [0.15, 0.2) is 85.1 Å². The van der Waals surface area contributed by atoms with E-state index in [0.717, 1.165) is 83.5 Å². The molecule has 5 heteroatoms. The largest absolute Gasteiger partial charge is 0.462 e. The van der Waals surface area contributed by atoms with Crippen LogP contribution >= 0.6 is 0 Å². The van der Waals surface area contributed by atoms with E-state index < -0.39 is 6.10 Å². The van der Waals surface area contributed by atoms with Crippen LogP contribution in [0, 0.1) is 0 Å². The second-order valence-electron chi connectivity index (χ2n) is 22.9. The monoisotopic (exact) mass is 1090 g/mol. The van der Waals surface area contributed by atoms with Crippen LogP contribution in [0.1, 0.15) is 348 Å². The van der Waals surface area contributed by atoms with E-state index in [1.807, 2.05) is 0 Å². The van der Waals surface area contributed by atoms with Gasteiger partial charge in [-0.25, -0.2) is 0 Å². The van der Waals surface area contributed by atoms with E-state index in [2.05, 4.69) is 98.9 Å². The van der Waals surface area contributed by atoms with Crippen molar-refractivity contribution >= 4 is 11.9 Å². The third-order valence-electron chi connectivity index (χ3n) is 15.2. The van der Waals surface area contributed by atoms with Gasteiger partial charge in [0.2, 0.25) is 0 Å². The number of allylic oxidation sites excluding steroid dienone is 14. The van der Waals surface area contributed by atoms with Crippen molar-refractivity contribution in [1.82, 2.24) is 0 Å². The van der Waals surface area contributed by atoms with Gasteiger partial charge in [0.05, 0.1) is 6.61 Å². The normalized spacial score (nSPS) is 12.7. The molecule has 1 N–H and O–H groups in total. The topological polar surface area (TPSA) is 72.8 Å². The van der Waals surface area contributed by atoms with Crippen LogP contribution in [0.5, 0.6) is 0 Å². The van der Waals surface area contributed by atoms with Crippen molar-refractivity contribution in [3.63, 3.8) is 0 Å². The van der Waals surface area contributed by atoms with E-state index in [0.29, 0.717) is 12.8 Å². The average Bonchev–Trinajstić information content (AvgIpc) is 3.44. The van der Waals surface area contributed by atoms with E-state index in [1.165, 1.54) is 238 Å². The summed E-state index contributed by atoms with van der Waals surface area (Å²) >= 11 is 0. The van der Waals surface area contributed by atoms with Gasteiger partial charge in [0.15, 0.2) is 6.10 Å². The molecule has 0 aromatic carbocycles. The number of esters is 2. The van der Waals surface area contributed by atoms with Crippen molar-refractivity contribution in [3.05, 3.63) is 85.1 Å². The predicted octanol–water partition coefficient (Wildman–Crippen LogP) is 23.7. The number of aliphatic hydroxyl groups is 1. The lowest BCUT2D eigenvalue weighted by Crippen LogP contribution is -2.28. The molecule has 0 aromatic heterocycles. The minimum absolute atomic E-state index is 0.0632. The maximum absolute atomic E-state index is 12.4. The van der Waals surface area contributed by atoms with E-state index in [-0.39, 0.29) is 25.2 Å². The van der Waals surface area contributed by atoms with Crippen molar-refractivity contribution in [2.45, 2.75) is 354 Å². The maximum Gasteiger partial charge on any atom is 0.306 e. The summed E-state index contributed by atoms with van der Waals surface area (Å²) in [6, 6.07) is 0. The molecule has 1 atom stereocenters. The van der Waals surface area contributed by atoms with E-state index in [9.17, 15) is 14.7 Å². The van der Waals surface area contributed by atoms with Crippen molar-refractivity contribution in [1.29, 1.82) is 0 Å². The van der Waals surface area contributed by atoms with E-state index in [4.69, 9.17) is 9.47 Å². The summed E-state index contributed by atoms with van der Waals surface area (Å²) < 4.78 is 10.8. The summed E-state index contributed by atoms with van der Waals surface area (Å²) in [5, 5.41) is 9.70. The fourth-order valence-corrected chi connectivity index (χ4v) is 10.1. The zero-order valence-corrected chi connectivity index (χ0v) is 51.9. The number of hydrogen-bond donors (Lipinski definition) is 1. The Morgan fingerprint density at radius 2 is 0.551 bits per heavy atom. The molecule has 0 radical (unpaired) electrons. The van der Waals surface area contributed by atoms with Gasteiger partial charge >= 0.3 is 11.9 Å². The van der Waals surface area contributed by atoms with Crippen LogP contribution in [-0.2, 0) is 19.1 Å². The number of carbonyl (C=O) groups excluding carboxylic acids is 2. The van der Waals surface area contributed by atoms with Crippen LogP contribution < -0.4 is 0 Å². The summed E-state index contributed by atoms with van der Waals surface area (Å²) in [5.74, 6) is -0.574. The Labute approximate surface area is 486 Å². The van der Waals surface area contributed by atoms with Gasteiger partial charge in [-0.05, 0) is 70.6 Å². The molecule has 0 aliphatic heterocycles. The fraction of sp³-hybridized carbons (Fsp3) is 0.781. The van der Waals surface area contributed by atoms with Gasteiger partial charge in [0.1, 0.15) is 6.61 Å². The van der Waals surface area contributed by atoms with Crippen LogP contribution in [-0.4, -0.2) is 36.4 Å². The molecule has 0 saturated carbocycles. The number of rotatable bonds is 63. The summed E-state index contributed by atoms with van der Waals surface area (Å²) in [6.07, 6.45) is 96.1. The molecule has 0 saturated heterocycles. The van der Waals surface area contributed by atoms with Gasteiger partial charge in [-0.3, -0.25) is 9.59 Å². The van der Waals surface area contributed by atoms with E-state index >= 15 is 0 Å². The fourth-order valence-electron chi connectivity index (χ4n) is 10.1. The molecular weight excluding hydrogens is 957 g/mol. The first kappa shape index (κ1) is 75.1. The first-order valence-corrected chi connectivity index (χ1v) is 34.1. The van der Waals surface area contributed by atoms with Gasteiger partial charge in [-0.2, -0.15) is 0 Å². The van der Waals surface area contributed by atoms with Crippen LogP contribution in [0.4, 0.5) is 0 Å². The molecule has 0 bridgehead atoms. The standard InChI is InChI=1S/C73H130O5/c1-3-5-7-9-11-13-15-17-19-21-23-25-27-29-31-32-33-34-35-36-37-38-39-40-42-44-46-48-50-52-54-56-58-60-62-64-66-68-73(76)78-71(69-74)70-77-72(75)67-65-63-61-59-57-55-53-51-49-47-45-43-41-30-28-26-24-22-20-18-16-14-12-10-8-6-4-2/h5,7,11,13,17,19,23,25,29,31,33-34,36-37,71,74H,3-4,6,8-10,12,14-16,18,20-22,24,26-28,30,32,35,38-70H2,1-2H3/b7-5-,13-11-,19-17-,25-23-,31-29-,34-33-,37-36-. The lowest BCUT2D eigenvalue weighted by molar-refractivity contribution is -0.161. The highest BCUT2D eigenvalue weighted by Gasteiger charge is 2.16. The Balaban J connectivity index is 3.45. The summed E-state index contributed by atoms with van der Waals surface area (Å²) in [5.41, 5.74) is 0. The number of unbranched alkanes of at least 4 members (excludes halogenated alkanes) is 41. The van der Waals surface area contributed by atoms with Gasteiger partial charge < -0.3 is 14.6 Å². The van der Waals surface area contributed by atoms with Gasteiger partial charge in [-0.15, -0.1) is 0 Å². The Kier molecular flexibility index (Phi) is 65.8. The smallest absolute Gasteiger partial charge is 0.306 e.